The van der Waals surface area contributed by atoms with Gasteiger partial charge in [-0.25, -0.2) is 0 Å². The van der Waals surface area contributed by atoms with Crippen LogP contribution in [0.5, 0.6) is 0 Å². The average Bonchev–Trinajstić information content (AvgIpc) is 2.51. The monoisotopic (exact) mass is 298 g/mol. The molecule has 0 spiro atoms. The van der Waals surface area contributed by atoms with Crippen LogP contribution < -0.4 is 0 Å². The van der Waals surface area contributed by atoms with Crippen LogP contribution in [0.15, 0.2) is 70.3 Å². The van der Waals surface area contributed by atoms with Crippen molar-refractivity contribution in [3.63, 3.8) is 0 Å². The summed E-state index contributed by atoms with van der Waals surface area (Å²) in [7, 11) is 2.95. The summed E-state index contributed by atoms with van der Waals surface area (Å²) in [6.07, 6.45) is 10.7. The third-order valence-corrected chi connectivity index (χ3v) is 3.43. The highest BCUT2D eigenvalue weighted by molar-refractivity contribution is 6.09. The summed E-state index contributed by atoms with van der Waals surface area (Å²) in [5, 5.41) is 0. The van der Waals surface area contributed by atoms with Gasteiger partial charge >= 0.3 is 0 Å². The molecule has 22 heavy (non-hydrogen) atoms. The van der Waals surface area contributed by atoms with E-state index in [1.807, 2.05) is 12.2 Å². The Kier molecular flexibility index (Phi) is 4.61. The number of Topliss-reactive ketones (excluding diaryl/α,β-unsaturated/α-hetero) is 2. The number of methoxy groups -OCH3 is 2. The van der Waals surface area contributed by atoms with E-state index >= 15 is 0 Å². The first-order valence-corrected chi connectivity index (χ1v) is 6.85. The fraction of sp³-hybridized carbons (Fsp3) is 0.222. The first kappa shape index (κ1) is 15.8. The topological polar surface area (TPSA) is 52.6 Å². The Balaban J connectivity index is 2.34. The average molecular weight is 298 g/mol. The van der Waals surface area contributed by atoms with Gasteiger partial charge in [-0.1, -0.05) is 12.2 Å². The van der Waals surface area contributed by atoms with Crippen molar-refractivity contribution < 1.29 is 19.1 Å². The molecule has 0 fully saturated rings. The van der Waals surface area contributed by atoms with Gasteiger partial charge in [0.15, 0.2) is 11.5 Å². The van der Waals surface area contributed by atoms with Crippen LogP contribution in [-0.4, -0.2) is 25.8 Å². The summed E-state index contributed by atoms with van der Waals surface area (Å²) >= 11 is 0. The van der Waals surface area contributed by atoms with Gasteiger partial charge < -0.3 is 9.47 Å². The molecule has 0 aromatic carbocycles. The van der Waals surface area contributed by atoms with E-state index in [9.17, 15) is 9.59 Å². The number of ketones is 2. The van der Waals surface area contributed by atoms with Crippen molar-refractivity contribution in [2.45, 2.75) is 13.8 Å². The lowest BCUT2D eigenvalue weighted by Crippen LogP contribution is -2.10. The largest absolute Gasteiger partial charge is 0.493 e. The molecule has 0 radical (unpaired) electrons. The molecule has 2 aliphatic carbocycles. The van der Waals surface area contributed by atoms with Gasteiger partial charge in [0, 0.05) is 11.1 Å². The molecule has 0 aromatic heterocycles. The first-order chi connectivity index (χ1) is 10.5. The molecule has 0 bridgehead atoms. The van der Waals surface area contributed by atoms with Crippen molar-refractivity contribution in [2.75, 3.05) is 14.2 Å². The third-order valence-electron chi connectivity index (χ3n) is 3.43. The van der Waals surface area contributed by atoms with Crippen molar-refractivity contribution in [1.82, 2.24) is 0 Å². The van der Waals surface area contributed by atoms with Crippen molar-refractivity contribution in [2.24, 2.45) is 0 Å². The van der Waals surface area contributed by atoms with Crippen LogP contribution in [0.25, 0.3) is 0 Å². The smallest absolute Gasteiger partial charge is 0.223 e. The van der Waals surface area contributed by atoms with Crippen molar-refractivity contribution in [3.8, 4) is 0 Å². The Bertz CT molecular complexity index is 647. The lowest BCUT2D eigenvalue weighted by Gasteiger charge is -2.12. The van der Waals surface area contributed by atoms with Gasteiger partial charge in [-0.05, 0) is 49.3 Å². The molecule has 0 amide bonds. The lowest BCUT2D eigenvalue weighted by molar-refractivity contribution is -0.115. The Morgan fingerprint density at radius 3 is 1.41 bits per heavy atom. The van der Waals surface area contributed by atoms with Crippen LogP contribution in [-0.2, 0) is 19.1 Å². The Labute approximate surface area is 129 Å². The number of hydrogen-bond acceptors (Lipinski definition) is 4. The molecule has 2 rings (SSSR count). The van der Waals surface area contributed by atoms with Crippen LogP contribution in [0.1, 0.15) is 13.8 Å². The third kappa shape index (κ3) is 3.17. The zero-order chi connectivity index (χ0) is 16.3. The van der Waals surface area contributed by atoms with E-state index in [-0.39, 0.29) is 11.6 Å². The van der Waals surface area contributed by atoms with Gasteiger partial charge in [-0.2, -0.15) is 0 Å². The van der Waals surface area contributed by atoms with Gasteiger partial charge in [0.2, 0.25) is 11.6 Å². The number of carbonyl (C=O) groups excluding carboxylic acids is 2. The van der Waals surface area contributed by atoms with E-state index in [2.05, 4.69) is 0 Å². The summed E-state index contributed by atoms with van der Waals surface area (Å²) in [6.45, 7) is 3.50. The normalized spacial score (nSPS) is 22.2. The maximum Gasteiger partial charge on any atom is 0.223 e. The highest BCUT2D eigenvalue weighted by atomic mass is 16.5. The minimum atomic E-state index is -0.104. The van der Waals surface area contributed by atoms with Gasteiger partial charge in [-0.3, -0.25) is 9.59 Å². The van der Waals surface area contributed by atoms with E-state index in [0.29, 0.717) is 22.7 Å². The molecular weight excluding hydrogens is 280 g/mol. The Morgan fingerprint density at radius 2 is 1.09 bits per heavy atom. The predicted octanol–water partition coefficient (Wildman–Crippen LogP) is 2.96. The number of carbonyl (C=O) groups is 2. The minimum absolute atomic E-state index is 0.104. The Morgan fingerprint density at radius 1 is 0.727 bits per heavy atom. The van der Waals surface area contributed by atoms with Crippen molar-refractivity contribution in [3.05, 3.63) is 70.3 Å². The highest BCUT2D eigenvalue weighted by Gasteiger charge is 2.18. The van der Waals surface area contributed by atoms with Crippen LogP contribution >= 0.6 is 0 Å². The van der Waals surface area contributed by atoms with Crippen molar-refractivity contribution in [1.29, 1.82) is 0 Å². The molecule has 0 aromatic rings. The quantitative estimate of drug-likeness (QED) is 0.804. The van der Waals surface area contributed by atoms with Gasteiger partial charge in [0.1, 0.15) is 0 Å². The van der Waals surface area contributed by atoms with Gasteiger partial charge in [0.05, 0.1) is 14.2 Å². The van der Waals surface area contributed by atoms with E-state index in [1.165, 1.54) is 14.2 Å². The zero-order valence-corrected chi connectivity index (χ0v) is 13.1. The lowest BCUT2D eigenvalue weighted by atomic mass is 9.97. The zero-order valence-electron chi connectivity index (χ0n) is 13.1. The number of allylic oxidation sites excluding steroid dienone is 10. The second-order valence-corrected chi connectivity index (χ2v) is 5.07. The van der Waals surface area contributed by atoms with Crippen LogP contribution in [0.2, 0.25) is 0 Å². The number of ether oxygens (including phenoxy) is 2. The molecule has 0 heterocycles. The summed E-state index contributed by atoms with van der Waals surface area (Å²) in [4.78, 5) is 23.6. The van der Waals surface area contributed by atoms with Crippen LogP contribution in [0.4, 0.5) is 0 Å². The van der Waals surface area contributed by atoms with Crippen LogP contribution in [0, 0.1) is 0 Å². The number of rotatable bonds is 3. The molecule has 0 unspecified atom stereocenters. The molecule has 114 valence electrons. The molecule has 0 saturated heterocycles. The first-order valence-electron chi connectivity index (χ1n) is 6.85. The van der Waals surface area contributed by atoms with E-state index in [4.69, 9.17) is 9.47 Å². The molecule has 0 aliphatic heterocycles. The predicted molar refractivity (Wildman–Crippen MR) is 83.9 cm³/mol. The standard InChI is InChI=1S/C18H18O4/c1-11-7-13(9-15(21-3)17(11)19)5-6-14-8-12(2)18(20)16(10-14)22-4/h5-10H,1-4H3/b13-5-,14-6-. The summed E-state index contributed by atoms with van der Waals surface area (Å²) < 4.78 is 10.2. The van der Waals surface area contributed by atoms with E-state index < -0.39 is 0 Å². The number of hydrogen-bond donors (Lipinski definition) is 0. The molecule has 0 atom stereocenters. The molecule has 2 aliphatic rings. The summed E-state index contributed by atoms with van der Waals surface area (Å²) in [5.41, 5.74) is 2.97. The second-order valence-electron chi connectivity index (χ2n) is 5.07. The Hall–Kier alpha value is -2.62. The minimum Gasteiger partial charge on any atom is -0.493 e. The molecule has 4 heteroatoms. The maximum atomic E-state index is 11.8. The summed E-state index contributed by atoms with van der Waals surface area (Å²) in [6, 6.07) is 0. The molecule has 0 saturated carbocycles. The summed E-state index contributed by atoms with van der Waals surface area (Å²) in [5.74, 6) is 0.437. The molecule has 0 N–H and O–H groups in total. The highest BCUT2D eigenvalue weighted by Crippen LogP contribution is 2.22. The molecular formula is C18H18O4. The van der Waals surface area contributed by atoms with E-state index in [1.54, 1.807) is 38.2 Å². The fourth-order valence-electron chi connectivity index (χ4n) is 2.23. The SMILES string of the molecule is COC1=C/C(=C\C=C2\C=C(C)C(=O)C(OC)=C2)C=C(C)C1=O. The van der Waals surface area contributed by atoms with Crippen molar-refractivity contribution >= 4 is 11.6 Å². The van der Waals surface area contributed by atoms with Gasteiger partial charge in [-0.15, -0.1) is 0 Å². The maximum absolute atomic E-state index is 11.8. The fourth-order valence-corrected chi connectivity index (χ4v) is 2.23. The van der Waals surface area contributed by atoms with E-state index in [0.717, 1.165) is 11.1 Å². The van der Waals surface area contributed by atoms with Crippen LogP contribution in [0.3, 0.4) is 0 Å². The second kappa shape index (κ2) is 6.43. The van der Waals surface area contributed by atoms with Gasteiger partial charge in [0.25, 0.3) is 0 Å². The molecule has 4 nitrogen and oxygen atoms in total.